The van der Waals surface area contributed by atoms with E-state index in [9.17, 15) is 24.5 Å². The van der Waals surface area contributed by atoms with Crippen molar-refractivity contribution in [3.63, 3.8) is 0 Å². The van der Waals surface area contributed by atoms with Crippen LogP contribution in [0.15, 0.2) is 18.2 Å². The first kappa shape index (κ1) is 31.6. The second-order valence-corrected chi connectivity index (χ2v) is 10.1. The monoisotopic (exact) mass is 568 g/mol. The third-order valence-corrected chi connectivity index (χ3v) is 6.83. The molecule has 3 rings (SSSR count). The number of aliphatic hydroxyl groups is 3. The molecule has 0 aliphatic carbocycles. The molecule has 0 bridgehead atoms. The highest BCUT2D eigenvalue weighted by molar-refractivity contribution is 5.59. The fourth-order valence-corrected chi connectivity index (χ4v) is 4.45. The van der Waals surface area contributed by atoms with Crippen molar-refractivity contribution in [3.05, 3.63) is 40.8 Å². The summed E-state index contributed by atoms with van der Waals surface area (Å²) in [4.78, 5) is 12.0. The molecule has 2 heterocycles. The van der Waals surface area contributed by atoms with Crippen LogP contribution in [0.1, 0.15) is 69.3 Å². The fraction of sp³-hybridized carbons (Fsp3) is 0.643. The van der Waals surface area contributed by atoms with E-state index in [2.05, 4.69) is 12.0 Å². The Morgan fingerprint density at radius 2 is 1.88 bits per heavy atom. The summed E-state index contributed by atoms with van der Waals surface area (Å²) in [5.74, 6) is -0.0172. The predicted octanol–water partition coefficient (Wildman–Crippen LogP) is 3.43. The molecule has 1 fully saturated rings. The smallest absolute Gasteiger partial charge is 0.497 e. The van der Waals surface area contributed by atoms with Crippen molar-refractivity contribution in [3.8, 4) is 11.6 Å². The van der Waals surface area contributed by atoms with Gasteiger partial charge in [0.25, 0.3) is 0 Å². The lowest BCUT2D eigenvalue weighted by Crippen LogP contribution is -2.60. The summed E-state index contributed by atoms with van der Waals surface area (Å²) in [7, 11) is 1.45. The van der Waals surface area contributed by atoms with Crippen LogP contribution in [-0.4, -0.2) is 82.3 Å². The standard InChI is InChI=1S/C28H41FN2O9/c1-6-7-8-9-12-37-28(35)38-15-22-23(32)24(33)25(34)27(39-22)40-26-20(17(4)31(30-26)16(2)3)13-18-10-11-19(36-5)14-21(18)29/h10-11,14,16,22-25,27,32-34H,6-9,12-13,15H2,1-5H3/t22-,23-,24+,25-,27?/m1/s1. The molecule has 224 valence electrons. The molecule has 1 aromatic carbocycles. The summed E-state index contributed by atoms with van der Waals surface area (Å²) >= 11 is 0. The summed E-state index contributed by atoms with van der Waals surface area (Å²) in [6.07, 6.45) is -4.64. The minimum atomic E-state index is -1.66. The molecule has 0 saturated carbocycles. The van der Waals surface area contributed by atoms with Gasteiger partial charge in [0, 0.05) is 29.8 Å². The molecule has 0 spiro atoms. The van der Waals surface area contributed by atoms with Crippen molar-refractivity contribution >= 4 is 6.16 Å². The van der Waals surface area contributed by atoms with Gasteiger partial charge in [-0.2, -0.15) is 0 Å². The maximum Gasteiger partial charge on any atom is 0.508 e. The van der Waals surface area contributed by atoms with Gasteiger partial charge >= 0.3 is 6.16 Å². The Hall–Kier alpha value is -2.93. The number of unbranched alkanes of at least 4 members (excludes halogenated alkanes) is 3. The van der Waals surface area contributed by atoms with Gasteiger partial charge in [0.05, 0.1) is 13.7 Å². The summed E-state index contributed by atoms with van der Waals surface area (Å²) in [5.41, 5.74) is 1.64. The van der Waals surface area contributed by atoms with Gasteiger partial charge in [0.2, 0.25) is 12.2 Å². The third kappa shape index (κ3) is 7.84. The van der Waals surface area contributed by atoms with Crippen LogP contribution in [0.5, 0.6) is 11.6 Å². The van der Waals surface area contributed by atoms with Crippen LogP contribution in [0.3, 0.4) is 0 Å². The van der Waals surface area contributed by atoms with Gasteiger partial charge in [0.1, 0.15) is 42.6 Å². The number of hydrogen-bond acceptors (Lipinski definition) is 10. The Bertz CT molecular complexity index is 1110. The Balaban J connectivity index is 1.74. The first-order valence-corrected chi connectivity index (χ1v) is 13.6. The Morgan fingerprint density at radius 3 is 2.52 bits per heavy atom. The molecule has 3 N–H and O–H groups in total. The van der Waals surface area contributed by atoms with Crippen LogP contribution >= 0.6 is 0 Å². The molecule has 40 heavy (non-hydrogen) atoms. The second kappa shape index (κ2) is 14.6. The number of hydrogen-bond donors (Lipinski definition) is 3. The molecule has 1 saturated heterocycles. The van der Waals surface area contributed by atoms with Crippen LogP contribution < -0.4 is 9.47 Å². The molecule has 12 heteroatoms. The summed E-state index contributed by atoms with van der Waals surface area (Å²) < 4.78 is 43.3. The Labute approximate surface area is 233 Å². The Kier molecular flexibility index (Phi) is 11.6. The molecular formula is C28H41FN2O9. The summed E-state index contributed by atoms with van der Waals surface area (Å²) in [6.45, 7) is 7.49. The minimum Gasteiger partial charge on any atom is -0.497 e. The van der Waals surface area contributed by atoms with Crippen molar-refractivity contribution in [2.24, 2.45) is 0 Å². The average molecular weight is 569 g/mol. The van der Waals surface area contributed by atoms with Gasteiger partial charge in [-0.15, -0.1) is 5.10 Å². The van der Waals surface area contributed by atoms with E-state index in [0.717, 1.165) is 19.3 Å². The van der Waals surface area contributed by atoms with Crippen molar-refractivity contribution in [1.29, 1.82) is 0 Å². The number of ether oxygens (including phenoxy) is 5. The van der Waals surface area contributed by atoms with Crippen LogP contribution in [0, 0.1) is 12.7 Å². The number of benzene rings is 1. The van der Waals surface area contributed by atoms with E-state index in [1.165, 1.54) is 13.2 Å². The predicted molar refractivity (Wildman–Crippen MR) is 142 cm³/mol. The van der Waals surface area contributed by atoms with E-state index in [4.69, 9.17) is 23.7 Å². The first-order chi connectivity index (χ1) is 19.1. The molecule has 0 radical (unpaired) electrons. The van der Waals surface area contributed by atoms with Gasteiger partial charge in [-0.3, -0.25) is 4.68 Å². The maximum atomic E-state index is 14.8. The number of carbonyl (C=O) groups excluding carboxylic acids is 1. The van der Waals surface area contributed by atoms with E-state index in [-0.39, 0.29) is 24.9 Å². The fourth-order valence-electron chi connectivity index (χ4n) is 4.45. The zero-order chi connectivity index (χ0) is 29.4. The number of aliphatic hydroxyl groups excluding tert-OH is 3. The number of methoxy groups -OCH3 is 1. The van der Waals surface area contributed by atoms with Crippen LogP contribution in [0.4, 0.5) is 9.18 Å². The molecule has 2 aromatic rings. The van der Waals surface area contributed by atoms with E-state index in [1.54, 1.807) is 16.8 Å². The van der Waals surface area contributed by atoms with Crippen LogP contribution in [0.2, 0.25) is 0 Å². The number of carbonyl (C=O) groups is 1. The minimum absolute atomic E-state index is 0.0597. The maximum absolute atomic E-state index is 14.8. The molecule has 1 aliphatic heterocycles. The highest BCUT2D eigenvalue weighted by atomic mass is 19.1. The third-order valence-electron chi connectivity index (χ3n) is 6.83. The van der Waals surface area contributed by atoms with E-state index in [0.29, 0.717) is 29.0 Å². The molecule has 1 aliphatic rings. The number of aromatic nitrogens is 2. The molecule has 11 nitrogen and oxygen atoms in total. The SMILES string of the molecule is CCCCCCOC(=O)OC[C@H]1OC(Oc2nn(C(C)C)c(C)c2Cc2ccc(OC)cc2F)[C@H](O)[C@@H](O)[C@@H]1O. The summed E-state index contributed by atoms with van der Waals surface area (Å²) in [6, 6.07) is 4.47. The summed E-state index contributed by atoms with van der Waals surface area (Å²) in [5, 5.41) is 36.0. The van der Waals surface area contributed by atoms with Gasteiger partial charge in [0.15, 0.2) is 0 Å². The average Bonchev–Trinajstić information content (AvgIpc) is 3.23. The number of halogens is 1. The first-order valence-electron chi connectivity index (χ1n) is 13.6. The highest BCUT2D eigenvalue weighted by Crippen LogP contribution is 2.31. The van der Waals surface area contributed by atoms with Crippen molar-refractivity contribution in [2.75, 3.05) is 20.3 Å². The molecule has 5 atom stereocenters. The van der Waals surface area contributed by atoms with Gasteiger partial charge in [-0.25, -0.2) is 9.18 Å². The van der Waals surface area contributed by atoms with Crippen molar-refractivity contribution in [2.45, 2.75) is 96.5 Å². The molecule has 1 aromatic heterocycles. The molecule has 0 amide bonds. The largest absolute Gasteiger partial charge is 0.508 e. The van der Waals surface area contributed by atoms with Gasteiger partial charge < -0.3 is 39.0 Å². The molecule has 1 unspecified atom stereocenters. The zero-order valence-electron chi connectivity index (χ0n) is 23.7. The second-order valence-electron chi connectivity index (χ2n) is 10.1. The van der Waals surface area contributed by atoms with E-state index in [1.807, 2.05) is 20.8 Å². The highest BCUT2D eigenvalue weighted by Gasteiger charge is 2.46. The normalized spacial score (nSPS) is 22.8. The lowest BCUT2D eigenvalue weighted by Gasteiger charge is -2.39. The Morgan fingerprint density at radius 1 is 1.12 bits per heavy atom. The van der Waals surface area contributed by atoms with E-state index >= 15 is 0 Å². The van der Waals surface area contributed by atoms with Gasteiger partial charge in [-0.05, 0) is 38.8 Å². The van der Waals surface area contributed by atoms with Gasteiger partial charge in [-0.1, -0.05) is 32.3 Å². The lowest BCUT2D eigenvalue weighted by atomic mass is 9.99. The number of nitrogens with zero attached hydrogens (tertiary/aromatic N) is 2. The quantitative estimate of drug-likeness (QED) is 0.243. The van der Waals surface area contributed by atoms with E-state index < -0.39 is 49.3 Å². The zero-order valence-corrected chi connectivity index (χ0v) is 23.7. The van der Waals surface area contributed by atoms with Crippen molar-refractivity contribution < 1.29 is 48.2 Å². The van der Waals surface area contributed by atoms with Crippen LogP contribution in [-0.2, 0) is 20.6 Å². The molecular weight excluding hydrogens is 527 g/mol. The number of rotatable bonds is 13. The van der Waals surface area contributed by atoms with Crippen LogP contribution in [0.25, 0.3) is 0 Å². The lowest BCUT2D eigenvalue weighted by molar-refractivity contribution is -0.278. The van der Waals surface area contributed by atoms with Crippen molar-refractivity contribution in [1.82, 2.24) is 9.78 Å². The topological polar surface area (TPSA) is 142 Å².